The Hall–Kier alpha value is -2.08. The van der Waals surface area contributed by atoms with Crippen molar-refractivity contribution in [3.63, 3.8) is 0 Å². The van der Waals surface area contributed by atoms with Gasteiger partial charge in [-0.25, -0.2) is 4.79 Å². The van der Waals surface area contributed by atoms with Crippen molar-refractivity contribution in [2.24, 2.45) is 0 Å². The number of esters is 1. The van der Waals surface area contributed by atoms with Crippen molar-refractivity contribution < 1.29 is 19.4 Å². The molecular formula is C14H16N2O4. The maximum atomic E-state index is 11.9. The molecule has 20 heavy (non-hydrogen) atoms. The first-order valence-electron chi connectivity index (χ1n) is 6.44. The lowest BCUT2D eigenvalue weighted by molar-refractivity contribution is -0.151. The summed E-state index contributed by atoms with van der Waals surface area (Å²) in [6, 6.07) is 6.56. The minimum atomic E-state index is -1.26. The van der Waals surface area contributed by atoms with Crippen LogP contribution in [0.1, 0.15) is 18.9 Å². The van der Waals surface area contributed by atoms with E-state index in [1.54, 1.807) is 6.07 Å². The molecule has 1 aromatic rings. The number of fused-ring (bicyclic) bond motifs is 3. The van der Waals surface area contributed by atoms with Crippen LogP contribution in [0.2, 0.25) is 0 Å². The summed E-state index contributed by atoms with van der Waals surface area (Å²) in [5.74, 6) is -0.788. The predicted molar refractivity (Wildman–Crippen MR) is 70.7 cm³/mol. The second-order valence-corrected chi connectivity index (χ2v) is 5.19. The van der Waals surface area contributed by atoms with Crippen LogP contribution in [0, 0.1) is 0 Å². The molecule has 0 spiro atoms. The van der Waals surface area contributed by atoms with Gasteiger partial charge in [-0.2, -0.15) is 0 Å². The number of ether oxygens (including phenoxy) is 1. The fourth-order valence-corrected chi connectivity index (χ4v) is 3.23. The van der Waals surface area contributed by atoms with Crippen LogP contribution >= 0.6 is 0 Å². The third-order valence-corrected chi connectivity index (χ3v) is 4.09. The second kappa shape index (κ2) is 4.21. The number of benzene rings is 1. The quantitative estimate of drug-likeness (QED) is 0.727. The maximum absolute atomic E-state index is 11.9. The fraction of sp³-hybridized carbons (Fsp3) is 0.429. The van der Waals surface area contributed by atoms with Gasteiger partial charge in [-0.15, -0.1) is 0 Å². The first kappa shape index (κ1) is 12.9. The Morgan fingerprint density at radius 2 is 2.15 bits per heavy atom. The normalized spacial score (nSPS) is 30.4. The minimum absolute atomic E-state index is 0.133. The predicted octanol–water partition coefficient (Wildman–Crippen LogP) is 0.420. The smallest absolute Gasteiger partial charge is 0.328 e. The molecule has 1 amide bonds. The lowest BCUT2D eigenvalue weighted by Crippen LogP contribution is -2.49. The number of carbonyl (C=O) groups is 2. The number of nitrogens with one attached hydrogen (secondary N) is 1. The molecule has 2 N–H and O–H groups in total. The van der Waals surface area contributed by atoms with E-state index in [-0.39, 0.29) is 12.3 Å². The molecule has 6 heteroatoms. The van der Waals surface area contributed by atoms with Gasteiger partial charge in [0.1, 0.15) is 17.8 Å². The first-order valence-corrected chi connectivity index (χ1v) is 6.44. The highest BCUT2D eigenvalue weighted by Gasteiger charge is 2.59. The van der Waals surface area contributed by atoms with Gasteiger partial charge >= 0.3 is 5.97 Å². The molecule has 2 aliphatic rings. The Kier molecular flexibility index (Phi) is 2.72. The zero-order valence-corrected chi connectivity index (χ0v) is 11.3. The van der Waals surface area contributed by atoms with Gasteiger partial charge < -0.3 is 20.1 Å². The van der Waals surface area contributed by atoms with Gasteiger partial charge in [0.05, 0.1) is 7.11 Å². The lowest BCUT2D eigenvalue weighted by atomic mass is 9.91. The first-order chi connectivity index (χ1) is 9.49. The number of nitrogens with zero attached hydrogens (tertiary/aromatic N) is 1. The standard InChI is InChI=1S/C14H16N2O4/c1-8(17)16-11(12(18)20-2)7-14(19)9-5-3-4-6-10(9)15-13(14)16/h3-6,11,13,15,19H,7H2,1-2H3/t11-,13+,14-/m0/s1. The Labute approximate surface area is 116 Å². The summed E-state index contributed by atoms with van der Waals surface area (Å²) in [6.45, 7) is 1.38. The summed E-state index contributed by atoms with van der Waals surface area (Å²) < 4.78 is 4.74. The number of aliphatic hydroxyl groups is 1. The van der Waals surface area contributed by atoms with Gasteiger partial charge in [-0.05, 0) is 6.07 Å². The number of amides is 1. The molecule has 1 fully saturated rings. The summed E-state index contributed by atoms with van der Waals surface area (Å²) in [6.07, 6.45) is -0.505. The largest absolute Gasteiger partial charge is 0.467 e. The van der Waals surface area contributed by atoms with Crippen molar-refractivity contribution in [2.45, 2.75) is 31.2 Å². The van der Waals surface area contributed by atoms with Gasteiger partial charge in [0, 0.05) is 24.6 Å². The van der Waals surface area contributed by atoms with Gasteiger partial charge in [-0.3, -0.25) is 4.79 Å². The van der Waals surface area contributed by atoms with Crippen LogP contribution in [0.4, 0.5) is 5.69 Å². The molecule has 1 aromatic carbocycles. The van der Waals surface area contributed by atoms with Crippen molar-refractivity contribution in [1.82, 2.24) is 4.90 Å². The van der Waals surface area contributed by atoms with Crippen LogP contribution in [0.15, 0.2) is 24.3 Å². The van der Waals surface area contributed by atoms with Gasteiger partial charge in [0.25, 0.3) is 0 Å². The molecule has 106 valence electrons. The summed E-state index contributed by atoms with van der Waals surface area (Å²) >= 11 is 0. The zero-order valence-electron chi connectivity index (χ0n) is 11.3. The summed E-state index contributed by atoms with van der Waals surface area (Å²) in [4.78, 5) is 25.1. The number of carbonyl (C=O) groups excluding carboxylic acids is 2. The molecule has 2 aliphatic heterocycles. The average Bonchev–Trinajstić information content (AvgIpc) is 2.87. The van der Waals surface area contributed by atoms with E-state index < -0.39 is 23.8 Å². The van der Waals surface area contributed by atoms with Crippen molar-refractivity contribution in [3.8, 4) is 0 Å². The van der Waals surface area contributed by atoms with Crippen LogP contribution in [0.5, 0.6) is 0 Å². The molecule has 3 atom stereocenters. The number of methoxy groups -OCH3 is 1. The van der Waals surface area contributed by atoms with Crippen molar-refractivity contribution in [3.05, 3.63) is 29.8 Å². The van der Waals surface area contributed by atoms with E-state index in [4.69, 9.17) is 4.74 Å². The van der Waals surface area contributed by atoms with Crippen molar-refractivity contribution in [1.29, 1.82) is 0 Å². The fourth-order valence-electron chi connectivity index (χ4n) is 3.23. The molecular weight excluding hydrogens is 260 g/mol. The number of para-hydroxylation sites is 1. The highest BCUT2D eigenvalue weighted by molar-refractivity contribution is 5.86. The average molecular weight is 276 g/mol. The van der Waals surface area contributed by atoms with Crippen LogP contribution in [0.25, 0.3) is 0 Å². The molecule has 0 unspecified atom stereocenters. The van der Waals surface area contributed by atoms with E-state index in [2.05, 4.69) is 5.32 Å². The number of anilines is 1. The van der Waals surface area contributed by atoms with E-state index in [1.165, 1.54) is 18.9 Å². The number of hydrogen-bond donors (Lipinski definition) is 2. The van der Waals surface area contributed by atoms with Gasteiger partial charge in [-0.1, -0.05) is 18.2 Å². The van der Waals surface area contributed by atoms with Gasteiger partial charge in [0.2, 0.25) is 5.91 Å². The molecule has 0 aliphatic carbocycles. The zero-order chi connectivity index (χ0) is 14.5. The second-order valence-electron chi connectivity index (χ2n) is 5.19. The van der Waals surface area contributed by atoms with Crippen LogP contribution in [-0.4, -0.2) is 41.2 Å². The topological polar surface area (TPSA) is 78.9 Å². The lowest BCUT2D eigenvalue weighted by Gasteiger charge is -2.29. The van der Waals surface area contributed by atoms with Crippen molar-refractivity contribution in [2.75, 3.05) is 12.4 Å². The highest BCUT2D eigenvalue weighted by Crippen LogP contribution is 2.49. The molecule has 0 radical (unpaired) electrons. The molecule has 1 saturated heterocycles. The minimum Gasteiger partial charge on any atom is -0.467 e. The van der Waals surface area contributed by atoms with Gasteiger partial charge in [0.15, 0.2) is 0 Å². The van der Waals surface area contributed by atoms with E-state index >= 15 is 0 Å². The molecule has 2 heterocycles. The third-order valence-electron chi connectivity index (χ3n) is 4.09. The van der Waals surface area contributed by atoms with E-state index in [0.29, 0.717) is 5.56 Å². The maximum Gasteiger partial charge on any atom is 0.328 e. The third kappa shape index (κ3) is 1.54. The van der Waals surface area contributed by atoms with Crippen LogP contribution in [0.3, 0.4) is 0 Å². The number of likely N-dealkylation sites (tertiary alicyclic amines) is 1. The molecule has 0 saturated carbocycles. The molecule has 6 nitrogen and oxygen atoms in total. The van der Waals surface area contributed by atoms with E-state index in [1.807, 2.05) is 18.2 Å². The Morgan fingerprint density at radius 1 is 1.45 bits per heavy atom. The number of hydrogen-bond acceptors (Lipinski definition) is 5. The monoisotopic (exact) mass is 276 g/mol. The molecule has 0 aromatic heterocycles. The Morgan fingerprint density at radius 3 is 2.80 bits per heavy atom. The van der Waals surface area contributed by atoms with Crippen LogP contribution < -0.4 is 5.32 Å². The molecule has 0 bridgehead atoms. The van der Waals surface area contributed by atoms with E-state index in [0.717, 1.165) is 5.69 Å². The number of rotatable bonds is 1. The summed E-state index contributed by atoms with van der Waals surface area (Å²) in [7, 11) is 1.28. The summed E-state index contributed by atoms with van der Waals surface area (Å²) in [5, 5.41) is 14.1. The van der Waals surface area contributed by atoms with Crippen molar-refractivity contribution >= 4 is 17.6 Å². The van der Waals surface area contributed by atoms with E-state index in [9.17, 15) is 14.7 Å². The molecule has 3 rings (SSSR count). The highest BCUT2D eigenvalue weighted by atomic mass is 16.5. The SMILES string of the molecule is COC(=O)[C@@H]1C[C@]2(O)c3ccccc3N[C@@H]2N1C(C)=O. The Bertz CT molecular complexity index is 588. The van der Waals surface area contributed by atoms with Crippen LogP contribution in [-0.2, 0) is 19.9 Å². The summed E-state index contributed by atoms with van der Waals surface area (Å²) in [5.41, 5.74) is 0.235. The Balaban J connectivity index is 2.06.